The van der Waals surface area contributed by atoms with E-state index in [0.29, 0.717) is 44.7 Å². The van der Waals surface area contributed by atoms with E-state index in [0.717, 1.165) is 49.2 Å². The maximum Gasteiger partial charge on any atom is 0.220 e. The number of nitrogens with one attached hydrogen (secondary N) is 2. The summed E-state index contributed by atoms with van der Waals surface area (Å²) in [5.41, 5.74) is 3.79. The number of rotatable bonds is 11. The second-order valence-corrected chi connectivity index (χ2v) is 12.3. The number of allylic oxidation sites excluding steroid dienone is 2. The third-order valence-corrected chi connectivity index (χ3v) is 8.25. The van der Waals surface area contributed by atoms with Gasteiger partial charge in [0.15, 0.2) is 0 Å². The van der Waals surface area contributed by atoms with Crippen molar-refractivity contribution in [3.8, 4) is 0 Å². The Morgan fingerprint density at radius 2 is 1.79 bits per heavy atom. The smallest absolute Gasteiger partial charge is 0.220 e. The van der Waals surface area contributed by atoms with Gasteiger partial charge in [0.2, 0.25) is 5.91 Å². The minimum absolute atomic E-state index is 0.0262. The van der Waals surface area contributed by atoms with Crippen molar-refractivity contribution in [3.63, 3.8) is 0 Å². The molecule has 0 saturated carbocycles. The lowest BCUT2D eigenvalue weighted by atomic mass is 9.83. The van der Waals surface area contributed by atoms with Crippen molar-refractivity contribution in [1.29, 1.82) is 5.41 Å². The number of benzene rings is 1. The van der Waals surface area contributed by atoms with Gasteiger partial charge < -0.3 is 30.2 Å². The number of ether oxygens (including phenoxy) is 2. The van der Waals surface area contributed by atoms with Crippen LogP contribution < -0.4 is 5.32 Å². The molecule has 2 saturated heterocycles. The van der Waals surface area contributed by atoms with Gasteiger partial charge in [0.05, 0.1) is 18.8 Å². The molecule has 4 atom stereocenters. The number of nitrogens with zero attached hydrogens (tertiary/aromatic N) is 1. The Morgan fingerprint density at radius 1 is 1.10 bits per heavy atom. The molecule has 2 unspecified atom stereocenters. The summed E-state index contributed by atoms with van der Waals surface area (Å²) in [6, 6.07) is 7.89. The number of unbranched alkanes of at least 4 members (excludes halogenated alkanes) is 1. The van der Waals surface area contributed by atoms with Crippen molar-refractivity contribution in [1.82, 2.24) is 10.2 Å². The summed E-state index contributed by atoms with van der Waals surface area (Å²) in [5.74, 6) is 0.749. The van der Waals surface area contributed by atoms with Gasteiger partial charge in [0.25, 0.3) is 0 Å². The molecule has 1 aliphatic carbocycles. The lowest BCUT2D eigenvalue weighted by Crippen LogP contribution is -2.52. The number of likely N-dealkylation sites (tertiary alicyclic amines) is 1. The number of hydrogen-bond donors (Lipinski definition) is 3. The lowest BCUT2D eigenvalue weighted by molar-refractivity contribution is -0.122. The largest absolute Gasteiger partial charge is 0.493 e. The van der Waals surface area contributed by atoms with E-state index >= 15 is 0 Å². The first-order valence-electron chi connectivity index (χ1n) is 14.7. The molecule has 3 aliphatic rings. The summed E-state index contributed by atoms with van der Waals surface area (Å²) in [6.07, 6.45) is 7.69. The standard InChI is InChI=1S/C32H47N3O4/c1-22-25(15-16-28-31(22)39-20-19-38-28)30(37)27(21-35-17-7-8-18-35)34-29(36)10-6-5-9-26(33)23-11-13-24(14-12-23)32(2,3)4/h11-16,22,27,30-31,33,37H,5-10,17-21H2,1-4H3,(H,34,36)/t22?,27-,30-,31?/m1/s1. The first-order valence-corrected chi connectivity index (χ1v) is 14.7. The summed E-state index contributed by atoms with van der Waals surface area (Å²) < 4.78 is 11.7. The van der Waals surface area contributed by atoms with Crippen LogP contribution in [0.3, 0.4) is 0 Å². The predicted molar refractivity (Wildman–Crippen MR) is 155 cm³/mol. The van der Waals surface area contributed by atoms with E-state index < -0.39 is 6.10 Å². The topological polar surface area (TPSA) is 94.9 Å². The molecule has 2 aliphatic heterocycles. The van der Waals surface area contributed by atoms with E-state index in [4.69, 9.17) is 14.9 Å². The highest BCUT2D eigenvalue weighted by atomic mass is 16.6. The highest BCUT2D eigenvalue weighted by Crippen LogP contribution is 2.33. The summed E-state index contributed by atoms with van der Waals surface area (Å²) in [5, 5.41) is 23.1. The molecule has 0 bridgehead atoms. The number of carbonyl (C=O) groups is 1. The molecule has 2 fully saturated rings. The Balaban J connectivity index is 1.30. The van der Waals surface area contributed by atoms with Crippen LogP contribution in [0.1, 0.15) is 77.3 Å². The third kappa shape index (κ3) is 7.80. The monoisotopic (exact) mass is 537 g/mol. The quantitative estimate of drug-likeness (QED) is 0.280. The lowest BCUT2D eigenvalue weighted by Gasteiger charge is -2.38. The number of hydrogen-bond acceptors (Lipinski definition) is 6. The van der Waals surface area contributed by atoms with Crippen LogP contribution in [0.4, 0.5) is 0 Å². The van der Waals surface area contributed by atoms with Gasteiger partial charge in [0.1, 0.15) is 18.5 Å². The maximum atomic E-state index is 13.0. The van der Waals surface area contributed by atoms with Crippen molar-refractivity contribution in [3.05, 3.63) is 58.9 Å². The molecule has 0 aromatic heterocycles. The van der Waals surface area contributed by atoms with Gasteiger partial charge >= 0.3 is 0 Å². The molecule has 7 heteroatoms. The van der Waals surface area contributed by atoms with E-state index in [2.05, 4.69) is 50.0 Å². The first-order chi connectivity index (χ1) is 18.6. The average Bonchev–Trinajstić information content (AvgIpc) is 3.43. The van der Waals surface area contributed by atoms with Gasteiger partial charge in [-0.15, -0.1) is 0 Å². The zero-order chi connectivity index (χ0) is 28.0. The van der Waals surface area contributed by atoms with Crippen LogP contribution in [-0.2, 0) is 19.7 Å². The first kappa shape index (κ1) is 29.5. The number of fused-ring (bicyclic) bond motifs is 1. The Morgan fingerprint density at radius 3 is 2.49 bits per heavy atom. The highest BCUT2D eigenvalue weighted by molar-refractivity contribution is 5.98. The fraction of sp³-hybridized carbons (Fsp3) is 0.625. The summed E-state index contributed by atoms with van der Waals surface area (Å²) in [6.45, 7) is 12.3. The SMILES string of the molecule is CC1C([C@@H](O)[C@@H](CN2CCCC2)NC(=O)CCCCC(=N)c2ccc(C(C)(C)C)cc2)=CC=C2OCCOC21. The van der Waals surface area contributed by atoms with E-state index in [1.54, 1.807) is 0 Å². The second-order valence-electron chi connectivity index (χ2n) is 12.3. The van der Waals surface area contributed by atoms with Crippen LogP contribution in [0.2, 0.25) is 0 Å². The van der Waals surface area contributed by atoms with Gasteiger partial charge in [-0.25, -0.2) is 0 Å². The molecule has 39 heavy (non-hydrogen) atoms. The molecular formula is C32H47N3O4. The molecule has 1 aromatic rings. The van der Waals surface area contributed by atoms with Crippen molar-refractivity contribution in [2.24, 2.45) is 5.92 Å². The number of aliphatic hydroxyl groups is 1. The summed E-state index contributed by atoms with van der Waals surface area (Å²) in [7, 11) is 0. The summed E-state index contributed by atoms with van der Waals surface area (Å²) >= 11 is 0. The molecule has 1 aromatic carbocycles. The van der Waals surface area contributed by atoms with E-state index in [9.17, 15) is 9.90 Å². The van der Waals surface area contributed by atoms with E-state index in [1.165, 1.54) is 5.56 Å². The molecule has 0 radical (unpaired) electrons. The fourth-order valence-corrected chi connectivity index (χ4v) is 5.79. The van der Waals surface area contributed by atoms with Crippen molar-refractivity contribution in [2.45, 2.75) is 89.9 Å². The van der Waals surface area contributed by atoms with Crippen LogP contribution in [0, 0.1) is 11.3 Å². The zero-order valence-electron chi connectivity index (χ0n) is 24.2. The van der Waals surface area contributed by atoms with E-state index in [-0.39, 0.29) is 29.4 Å². The molecule has 214 valence electrons. The predicted octanol–water partition coefficient (Wildman–Crippen LogP) is 4.73. The molecule has 7 nitrogen and oxygen atoms in total. The second kappa shape index (κ2) is 13.2. The van der Waals surface area contributed by atoms with Crippen LogP contribution in [-0.4, -0.2) is 72.7 Å². The van der Waals surface area contributed by atoms with Gasteiger partial charge in [-0.2, -0.15) is 0 Å². The molecule has 0 spiro atoms. The van der Waals surface area contributed by atoms with Crippen molar-refractivity contribution < 1.29 is 19.4 Å². The third-order valence-electron chi connectivity index (χ3n) is 8.25. The Hall–Kier alpha value is -2.48. The fourth-order valence-electron chi connectivity index (χ4n) is 5.79. The highest BCUT2D eigenvalue weighted by Gasteiger charge is 2.37. The zero-order valence-corrected chi connectivity index (χ0v) is 24.2. The summed E-state index contributed by atoms with van der Waals surface area (Å²) in [4.78, 5) is 15.3. The number of amides is 1. The molecule has 1 amide bonds. The number of carbonyl (C=O) groups excluding carboxylic acids is 1. The van der Waals surface area contributed by atoms with E-state index in [1.807, 2.05) is 24.3 Å². The van der Waals surface area contributed by atoms with Crippen molar-refractivity contribution >= 4 is 11.6 Å². The average molecular weight is 538 g/mol. The van der Waals surface area contributed by atoms with Gasteiger partial charge in [-0.3, -0.25) is 4.79 Å². The van der Waals surface area contributed by atoms with Crippen LogP contribution in [0.15, 0.2) is 47.7 Å². The van der Waals surface area contributed by atoms with Gasteiger partial charge in [-0.05, 0) is 73.4 Å². The van der Waals surface area contributed by atoms with Crippen LogP contribution in [0.25, 0.3) is 0 Å². The Bertz CT molecular complexity index is 1050. The minimum atomic E-state index is -0.794. The normalized spacial score (nSPS) is 23.2. The Labute approximate surface area is 234 Å². The van der Waals surface area contributed by atoms with Crippen LogP contribution >= 0.6 is 0 Å². The van der Waals surface area contributed by atoms with Crippen LogP contribution in [0.5, 0.6) is 0 Å². The number of aliphatic hydroxyl groups excluding tert-OH is 1. The molecule has 3 N–H and O–H groups in total. The Kier molecular flexibility index (Phi) is 10.0. The minimum Gasteiger partial charge on any atom is -0.493 e. The van der Waals surface area contributed by atoms with Gasteiger partial charge in [-0.1, -0.05) is 58.0 Å². The maximum absolute atomic E-state index is 13.0. The molecule has 4 rings (SSSR count). The molecule has 2 heterocycles. The van der Waals surface area contributed by atoms with Crippen molar-refractivity contribution in [2.75, 3.05) is 32.8 Å². The molecular weight excluding hydrogens is 490 g/mol. The van der Waals surface area contributed by atoms with Gasteiger partial charge in [0, 0.05) is 24.6 Å².